The van der Waals surface area contributed by atoms with Crippen molar-refractivity contribution in [2.24, 2.45) is 28.7 Å². The van der Waals surface area contributed by atoms with Gasteiger partial charge in [-0.2, -0.15) is 10.4 Å². The first-order valence-corrected chi connectivity index (χ1v) is 9.91. The number of nitrogens with one attached hydrogen (secondary N) is 2. The highest BCUT2D eigenvalue weighted by molar-refractivity contribution is 4.93. The maximum Gasteiger partial charge on any atom is 0.175 e. The molecule has 6 N–H and O–H groups in total. The lowest BCUT2D eigenvalue weighted by atomic mass is 9.72. The molecule has 0 bridgehead atoms. The van der Waals surface area contributed by atoms with Crippen molar-refractivity contribution in [3.63, 3.8) is 0 Å². The summed E-state index contributed by atoms with van der Waals surface area (Å²) in [5.41, 5.74) is 11.8. The number of hydrogen-bond acceptors (Lipinski definition) is 8. The van der Waals surface area contributed by atoms with Crippen LogP contribution in [0.1, 0.15) is 64.0 Å². The van der Waals surface area contributed by atoms with E-state index in [0.717, 1.165) is 37.5 Å². The summed E-state index contributed by atoms with van der Waals surface area (Å²) in [5, 5.41) is 27.8. The first-order valence-electron chi connectivity index (χ1n) is 9.91. The highest BCUT2D eigenvalue weighted by Crippen LogP contribution is 2.37. The van der Waals surface area contributed by atoms with Crippen LogP contribution in [0.3, 0.4) is 0 Å². The van der Waals surface area contributed by atoms with Crippen LogP contribution < -0.4 is 11.5 Å². The zero-order chi connectivity index (χ0) is 19.5. The lowest BCUT2D eigenvalue weighted by molar-refractivity contribution is 0.193. The standard InChI is InChI=1S/C9H17N5.C8H17N5/c10-7-9(4-2-1-3-5-9)6-8-11-13-14-12-8;1-6(2)3-7(5-9)4-8-10-12-13-11-8/h1-7,10H2,(H,11,12,13,14);6-7H,3-5,9H2,1-2H3,(H,10,11,12,13). The second kappa shape index (κ2) is 11.0. The van der Waals surface area contributed by atoms with Gasteiger partial charge in [0.1, 0.15) is 0 Å². The summed E-state index contributed by atoms with van der Waals surface area (Å²) < 4.78 is 0. The van der Waals surface area contributed by atoms with Gasteiger partial charge in [0.2, 0.25) is 0 Å². The fourth-order valence-electron chi connectivity index (χ4n) is 3.80. The van der Waals surface area contributed by atoms with Gasteiger partial charge in [0.15, 0.2) is 11.6 Å². The Labute approximate surface area is 160 Å². The molecule has 1 aliphatic carbocycles. The summed E-state index contributed by atoms with van der Waals surface area (Å²) in [6.07, 6.45) is 9.14. The molecule has 2 aromatic heterocycles. The Balaban J connectivity index is 0.000000194. The predicted octanol–water partition coefficient (Wildman–Crippen LogP) is 1.01. The van der Waals surface area contributed by atoms with E-state index in [9.17, 15) is 0 Å². The Morgan fingerprint density at radius 1 is 0.963 bits per heavy atom. The summed E-state index contributed by atoms with van der Waals surface area (Å²) in [6.45, 7) is 5.81. The third kappa shape index (κ3) is 7.30. The van der Waals surface area contributed by atoms with Crippen LogP contribution >= 0.6 is 0 Å². The van der Waals surface area contributed by atoms with Crippen molar-refractivity contribution in [1.82, 2.24) is 41.2 Å². The summed E-state index contributed by atoms with van der Waals surface area (Å²) in [5.74, 6) is 2.70. The maximum atomic E-state index is 5.87. The second-order valence-corrected chi connectivity index (χ2v) is 8.03. The Morgan fingerprint density at radius 3 is 2.07 bits per heavy atom. The molecule has 1 fully saturated rings. The van der Waals surface area contributed by atoms with Crippen molar-refractivity contribution in [3.05, 3.63) is 11.6 Å². The summed E-state index contributed by atoms with van der Waals surface area (Å²) in [7, 11) is 0. The van der Waals surface area contributed by atoms with Crippen molar-refractivity contribution in [1.29, 1.82) is 0 Å². The topological polar surface area (TPSA) is 161 Å². The zero-order valence-corrected chi connectivity index (χ0v) is 16.6. The fourth-order valence-corrected chi connectivity index (χ4v) is 3.80. The number of nitrogens with zero attached hydrogens (tertiary/aromatic N) is 6. The fraction of sp³-hybridized carbons (Fsp3) is 0.882. The largest absolute Gasteiger partial charge is 0.330 e. The number of hydrogen-bond donors (Lipinski definition) is 4. The molecule has 152 valence electrons. The summed E-state index contributed by atoms with van der Waals surface area (Å²) in [6, 6.07) is 0. The molecular formula is C17H34N10. The third-order valence-corrected chi connectivity index (χ3v) is 5.27. The molecule has 10 nitrogen and oxygen atoms in total. The van der Waals surface area contributed by atoms with Crippen LogP contribution in [0.25, 0.3) is 0 Å². The molecule has 2 aromatic rings. The molecule has 10 heteroatoms. The van der Waals surface area contributed by atoms with Gasteiger partial charge in [-0.25, -0.2) is 0 Å². The van der Waals surface area contributed by atoms with Gasteiger partial charge < -0.3 is 11.5 Å². The van der Waals surface area contributed by atoms with Crippen molar-refractivity contribution < 1.29 is 0 Å². The van der Waals surface area contributed by atoms with Gasteiger partial charge in [0.25, 0.3) is 0 Å². The first kappa shape index (κ1) is 21.4. The molecule has 2 heterocycles. The number of tetrazole rings is 2. The quantitative estimate of drug-likeness (QED) is 0.529. The number of aromatic amines is 2. The van der Waals surface area contributed by atoms with Crippen molar-refractivity contribution >= 4 is 0 Å². The third-order valence-electron chi connectivity index (χ3n) is 5.27. The number of nitrogens with two attached hydrogens (primary N) is 2. The van der Waals surface area contributed by atoms with E-state index in [2.05, 4.69) is 55.1 Å². The molecule has 1 atom stereocenters. The highest BCUT2D eigenvalue weighted by Gasteiger charge is 2.32. The number of rotatable bonds is 8. The molecule has 0 amide bonds. The normalized spacial score (nSPS) is 17.4. The smallest absolute Gasteiger partial charge is 0.175 e. The minimum absolute atomic E-state index is 0.238. The van der Waals surface area contributed by atoms with Crippen LogP contribution in [-0.2, 0) is 12.8 Å². The SMILES string of the molecule is CC(C)CC(CN)Cc1nn[nH]n1.NCC1(Cc2nn[nH]n2)CCCCC1. The van der Waals surface area contributed by atoms with E-state index in [-0.39, 0.29) is 5.41 Å². The van der Waals surface area contributed by atoms with Crippen LogP contribution in [-0.4, -0.2) is 54.3 Å². The van der Waals surface area contributed by atoms with Gasteiger partial charge >= 0.3 is 0 Å². The molecule has 1 aliphatic rings. The minimum atomic E-state index is 0.238. The Bertz CT molecular complexity index is 589. The average molecular weight is 379 g/mol. The molecular weight excluding hydrogens is 344 g/mol. The molecule has 0 aliphatic heterocycles. The van der Waals surface area contributed by atoms with E-state index in [0.29, 0.717) is 18.4 Å². The van der Waals surface area contributed by atoms with Gasteiger partial charge in [-0.1, -0.05) is 43.5 Å². The second-order valence-electron chi connectivity index (χ2n) is 8.03. The molecule has 0 aromatic carbocycles. The Kier molecular flexibility index (Phi) is 8.73. The van der Waals surface area contributed by atoms with E-state index in [1.807, 2.05) is 0 Å². The molecule has 0 spiro atoms. The Morgan fingerprint density at radius 2 is 1.59 bits per heavy atom. The van der Waals surface area contributed by atoms with Crippen molar-refractivity contribution in [2.75, 3.05) is 13.1 Å². The van der Waals surface area contributed by atoms with E-state index in [1.54, 1.807) is 0 Å². The summed E-state index contributed by atoms with van der Waals surface area (Å²) >= 11 is 0. The average Bonchev–Trinajstić information content (AvgIpc) is 3.36. The van der Waals surface area contributed by atoms with Crippen LogP contribution in [0.15, 0.2) is 0 Å². The van der Waals surface area contributed by atoms with E-state index in [4.69, 9.17) is 11.5 Å². The predicted molar refractivity (Wildman–Crippen MR) is 102 cm³/mol. The number of H-pyrrole nitrogens is 2. The van der Waals surface area contributed by atoms with Gasteiger partial charge in [0, 0.05) is 12.8 Å². The molecule has 3 rings (SSSR count). The molecule has 1 unspecified atom stereocenters. The monoisotopic (exact) mass is 378 g/mol. The molecule has 0 saturated heterocycles. The van der Waals surface area contributed by atoms with E-state index < -0.39 is 0 Å². The Hall–Kier alpha value is -1.94. The van der Waals surface area contributed by atoms with Gasteiger partial charge in [-0.05, 0) is 49.6 Å². The lowest BCUT2D eigenvalue weighted by Crippen LogP contribution is -2.35. The van der Waals surface area contributed by atoms with E-state index >= 15 is 0 Å². The molecule has 27 heavy (non-hydrogen) atoms. The van der Waals surface area contributed by atoms with E-state index in [1.165, 1.54) is 32.1 Å². The minimum Gasteiger partial charge on any atom is -0.330 e. The van der Waals surface area contributed by atoms with Crippen molar-refractivity contribution in [2.45, 2.75) is 65.2 Å². The molecule has 0 radical (unpaired) electrons. The lowest BCUT2D eigenvalue weighted by Gasteiger charge is -2.35. The first-order chi connectivity index (χ1) is 13.1. The maximum absolute atomic E-state index is 5.87. The summed E-state index contributed by atoms with van der Waals surface area (Å²) in [4.78, 5) is 0. The molecule has 1 saturated carbocycles. The van der Waals surface area contributed by atoms with Crippen LogP contribution in [0.2, 0.25) is 0 Å². The van der Waals surface area contributed by atoms with Gasteiger partial charge in [0.05, 0.1) is 0 Å². The van der Waals surface area contributed by atoms with Gasteiger partial charge in [-0.15, -0.1) is 20.4 Å². The number of aromatic nitrogens is 8. The zero-order valence-electron chi connectivity index (χ0n) is 16.6. The van der Waals surface area contributed by atoms with Crippen LogP contribution in [0, 0.1) is 17.3 Å². The van der Waals surface area contributed by atoms with Crippen LogP contribution in [0.4, 0.5) is 0 Å². The van der Waals surface area contributed by atoms with Crippen LogP contribution in [0.5, 0.6) is 0 Å². The van der Waals surface area contributed by atoms with Crippen molar-refractivity contribution in [3.8, 4) is 0 Å². The van der Waals surface area contributed by atoms with Gasteiger partial charge in [-0.3, -0.25) is 0 Å². The highest BCUT2D eigenvalue weighted by atomic mass is 15.5.